The van der Waals surface area contributed by atoms with Gasteiger partial charge in [0.25, 0.3) is 0 Å². The molecule has 1 atom stereocenters. The summed E-state index contributed by atoms with van der Waals surface area (Å²) in [6.45, 7) is 7.71. The number of hydrogen-bond donors (Lipinski definition) is 1. The molecule has 2 aromatic rings. The third-order valence-corrected chi connectivity index (χ3v) is 4.36. The number of aryl methyl sites for hydroxylation is 3. The van der Waals surface area contributed by atoms with Gasteiger partial charge in [-0.2, -0.15) is 0 Å². The highest BCUT2D eigenvalue weighted by molar-refractivity contribution is 5.95. The predicted octanol–water partition coefficient (Wildman–Crippen LogP) is 3.44. The maximum Gasteiger partial charge on any atom is 0.228 e. The molecule has 0 radical (unpaired) electrons. The van der Waals surface area contributed by atoms with E-state index in [0.717, 1.165) is 49.2 Å². The Labute approximate surface area is 150 Å². The SMILES string of the molecule is Cc1cccc(C)c1N(CCCCCn1ccnc1)C(=O)CC(C)N. The van der Waals surface area contributed by atoms with Crippen molar-refractivity contribution in [3.63, 3.8) is 0 Å². The number of carbonyl (C=O) groups is 1. The Morgan fingerprint density at radius 3 is 2.56 bits per heavy atom. The van der Waals surface area contributed by atoms with Crippen LogP contribution >= 0.6 is 0 Å². The second kappa shape index (κ2) is 9.37. The van der Waals surface area contributed by atoms with Crippen molar-refractivity contribution < 1.29 is 4.79 Å². The predicted molar refractivity (Wildman–Crippen MR) is 103 cm³/mol. The second-order valence-electron chi connectivity index (χ2n) is 6.83. The number of nitrogens with two attached hydrogens (primary N) is 1. The summed E-state index contributed by atoms with van der Waals surface area (Å²) >= 11 is 0. The number of unbranched alkanes of at least 4 members (excludes halogenated alkanes) is 2. The molecule has 0 fully saturated rings. The molecule has 0 saturated carbocycles. The number of amides is 1. The van der Waals surface area contributed by atoms with E-state index < -0.39 is 0 Å². The number of rotatable bonds is 9. The van der Waals surface area contributed by atoms with Gasteiger partial charge in [-0.25, -0.2) is 4.98 Å². The Hall–Kier alpha value is -2.14. The highest BCUT2D eigenvalue weighted by atomic mass is 16.2. The van der Waals surface area contributed by atoms with Crippen molar-refractivity contribution in [2.24, 2.45) is 5.73 Å². The number of imidazole rings is 1. The maximum absolute atomic E-state index is 12.7. The average molecular weight is 342 g/mol. The Bertz CT molecular complexity index is 644. The number of aromatic nitrogens is 2. The van der Waals surface area contributed by atoms with Crippen LogP contribution < -0.4 is 10.6 Å². The highest BCUT2D eigenvalue weighted by Crippen LogP contribution is 2.26. The molecule has 136 valence electrons. The number of nitrogens with zero attached hydrogens (tertiary/aromatic N) is 3. The molecular formula is C20H30N4O. The van der Waals surface area contributed by atoms with Gasteiger partial charge in [0.05, 0.1) is 6.33 Å². The monoisotopic (exact) mass is 342 g/mol. The van der Waals surface area contributed by atoms with Gasteiger partial charge in [0.1, 0.15) is 0 Å². The van der Waals surface area contributed by atoms with E-state index in [9.17, 15) is 4.79 Å². The summed E-state index contributed by atoms with van der Waals surface area (Å²) in [5.41, 5.74) is 9.18. The van der Waals surface area contributed by atoms with Gasteiger partial charge in [-0.15, -0.1) is 0 Å². The van der Waals surface area contributed by atoms with Gasteiger partial charge in [0.2, 0.25) is 5.91 Å². The summed E-state index contributed by atoms with van der Waals surface area (Å²) in [6, 6.07) is 6.04. The van der Waals surface area contributed by atoms with Crippen LogP contribution in [-0.4, -0.2) is 28.0 Å². The van der Waals surface area contributed by atoms with E-state index in [2.05, 4.69) is 35.5 Å². The molecule has 25 heavy (non-hydrogen) atoms. The van der Waals surface area contributed by atoms with Crippen LogP contribution in [0.5, 0.6) is 0 Å². The second-order valence-corrected chi connectivity index (χ2v) is 6.83. The molecule has 0 aliphatic carbocycles. The summed E-state index contributed by atoms with van der Waals surface area (Å²) in [5, 5.41) is 0. The van der Waals surface area contributed by atoms with E-state index in [4.69, 9.17) is 5.73 Å². The van der Waals surface area contributed by atoms with Crippen molar-refractivity contribution in [2.75, 3.05) is 11.4 Å². The first-order chi connectivity index (χ1) is 12.0. The molecule has 0 saturated heterocycles. The number of anilines is 1. The van der Waals surface area contributed by atoms with Crippen LogP contribution in [0.15, 0.2) is 36.9 Å². The van der Waals surface area contributed by atoms with Gasteiger partial charge >= 0.3 is 0 Å². The van der Waals surface area contributed by atoms with Crippen LogP contribution in [0.4, 0.5) is 5.69 Å². The van der Waals surface area contributed by atoms with Gasteiger partial charge in [-0.05, 0) is 51.2 Å². The average Bonchev–Trinajstić information content (AvgIpc) is 3.05. The standard InChI is InChI=1S/C20H30N4O/c1-16-8-7-9-17(2)20(16)24(19(25)14-18(3)21)12-6-4-5-11-23-13-10-22-15-23/h7-10,13,15,18H,4-6,11-12,14,21H2,1-3H3. The quantitative estimate of drug-likeness (QED) is 0.710. The van der Waals surface area contributed by atoms with E-state index in [0.29, 0.717) is 6.42 Å². The van der Waals surface area contributed by atoms with Gasteiger partial charge in [0, 0.05) is 43.6 Å². The van der Waals surface area contributed by atoms with Crippen LogP contribution in [0, 0.1) is 13.8 Å². The summed E-state index contributed by atoms with van der Waals surface area (Å²) in [6.07, 6.45) is 9.14. The molecule has 2 N–H and O–H groups in total. The Balaban J connectivity index is 1.98. The Morgan fingerprint density at radius 2 is 1.96 bits per heavy atom. The lowest BCUT2D eigenvalue weighted by atomic mass is 10.1. The summed E-state index contributed by atoms with van der Waals surface area (Å²) in [4.78, 5) is 18.7. The summed E-state index contributed by atoms with van der Waals surface area (Å²) < 4.78 is 2.09. The van der Waals surface area contributed by atoms with E-state index in [1.54, 1.807) is 6.20 Å². The fraction of sp³-hybridized carbons (Fsp3) is 0.500. The first-order valence-electron chi connectivity index (χ1n) is 9.07. The van der Waals surface area contributed by atoms with Gasteiger partial charge in [-0.3, -0.25) is 4.79 Å². The third-order valence-electron chi connectivity index (χ3n) is 4.36. The topological polar surface area (TPSA) is 64.2 Å². The number of hydrogen-bond acceptors (Lipinski definition) is 3. The van der Waals surface area contributed by atoms with Crippen LogP contribution in [-0.2, 0) is 11.3 Å². The molecule has 2 rings (SSSR count). The molecular weight excluding hydrogens is 312 g/mol. The van der Waals surface area contributed by atoms with Crippen molar-refractivity contribution in [3.8, 4) is 0 Å². The minimum atomic E-state index is -0.124. The zero-order valence-corrected chi connectivity index (χ0v) is 15.6. The van der Waals surface area contributed by atoms with Gasteiger partial charge in [-0.1, -0.05) is 18.2 Å². The van der Waals surface area contributed by atoms with Crippen LogP contribution in [0.2, 0.25) is 0 Å². The molecule has 1 amide bonds. The molecule has 5 heteroatoms. The van der Waals surface area contributed by atoms with E-state index in [-0.39, 0.29) is 11.9 Å². The smallest absolute Gasteiger partial charge is 0.228 e. The van der Waals surface area contributed by atoms with E-state index in [1.807, 2.05) is 30.4 Å². The fourth-order valence-corrected chi connectivity index (χ4v) is 3.14. The molecule has 1 unspecified atom stereocenters. The van der Waals surface area contributed by atoms with Gasteiger partial charge < -0.3 is 15.2 Å². The number of benzene rings is 1. The molecule has 1 heterocycles. The summed E-state index contributed by atoms with van der Waals surface area (Å²) in [7, 11) is 0. The zero-order valence-electron chi connectivity index (χ0n) is 15.6. The lowest BCUT2D eigenvalue weighted by Crippen LogP contribution is -2.36. The highest BCUT2D eigenvalue weighted by Gasteiger charge is 2.19. The molecule has 1 aromatic carbocycles. The Kier molecular flexibility index (Phi) is 7.19. The molecule has 0 aliphatic heterocycles. The van der Waals surface area contributed by atoms with Crippen molar-refractivity contribution in [1.82, 2.24) is 9.55 Å². The molecule has 0 spiro atoms. The maximum atomic E-state index is 12.7. The first kappa shape index (κ1) is 19.2. The third kappa shape index (κ3) is 5.71. The molecule has 0 aliphatic rings. The zero-order chi connectivity index (χ0) is 18.2. The normalized spacial score (nSPS) is 12.2. The lowest BCUT2D eigenvalue weighted by molar-refractivity contribution is -0.118. The fourth-order valence-electron chi connectivity index (χ4n) is 3.14. The van der Waals surface area contributed by atoms with Crippen LogP contribution in [0.25, 0.3) is 0 Å². The minimum absolute atomic E-state index is 0.113. The molecule has 0 bridgehead atoms. The van der Waals surface area contributed by atoms with Gasteiger partial charge in [0.15, 0.2) is 0 Å². The van der Waals surface area contributed by atoms with Crippen molar-refractivity contribution in [3.05, 3.63) is 48.0 Å². The molecule has 5 nitrogen and oxygen atoms in total. The van der Waals surface area contributed by atoms with Crippen LogP contribution in [0.1, 0.15) is 43.7 Å². The number of para-hydroxylation sites is 1. The van der Waals surface area contributed by atoms with E-state index in [1.165, 1.54) is 0 Å². The van der Waals surface area contributed by atoms with Crippen molar-refractivity contribution in [1.29, 1.82) is 0 Å². The number of carbonyl (C=O) groups excluding carboxylic acids is 1. The first-order valence-corrected chi connectivity index (χ1v) is 9.07. The van der Waals surface area contributed by atoms with Crippen LogP contribution in [0.3, 0.4) is 0 Å². The van der Waals surface area contributed by atoms with E-state index >= 15 is 0 Å². The lowest BCUT2D eigenvalue weighted by Gasteiger charge is -2.27. The summed E-state index contributed by atoms with van der Waals surface area (Å²) in [5.74, 6) is 0.113. The van der Waals surface area contributed by atoms with Crippen molar-refractivity contribution in [2.45, 2.75) is 59.0 Å². The van der Waals surface area contributed by atoms with Crippen molar-refractivity contribution >= 4 is 11.6 Å². The minimum Gasteiger partial charge on any atom is -0.337 e. The molecule has 1 aromatic heterocycles. The largest absolute Gasteiger partial charge is 0.337 e. The Morgan fingerprint density at radius 1 is 1.24 bits per heavy atom.